The molecular formula is C20H38N4O2S. The van der Waals surface area contributed by atoms with Crippen LogP contribution < -0.4 is 5.32 Å². The molecule has 6 nitrogen and oxygen atoms in total. The maximum absolute atomic E-state index is 12.2. The second-order valence-electron chi connectivity index (χ2n) is 8.94. The second kappa shape index (κ2) is 9.89. The quantitative estimate of drug-likeness (QED) is 0.584. The number of aliphatic imine (C=N–C) groups is 1. The van der Waals surface area contributed by atoms with E-state index in [0.717, 1.165) is 57.3 Å². The molecule has 7 heteroatoms. The molecule has 0 aromatic rings. The number of guanidine groups is 1. The van der Waals surface area contributed by atoms with Crippen molar-refractivity contribution < 1.29 is 9.53 Å². The molecule has 1 amide bonds. The van der Waals surface area contributed by atoms with E-state index in [1.54, 1.807) is 0 Å². The van der Waals surface area contributed by atoms with Crippen molar-refractivity contribution in [2.75, 3.05) is 45.5 Å². The predicted molar refractivity (Wildman–Crippen MR) is 115 cm³/mol. The summed E-state index contributed by atoms with van der Waals surface area (Å²) in [7, 11) is 1.87. The lowest BCUT2D eigenvalue weighted by Crippen LogP contribution is -2.50. The summed E-state index contributed by atoms with van der Waals surface area (Å²) < 4.78 is 5.48. The van der Waals surface area contributed by atoms with Crippen LogP contribution in [0.2, 0.25) is 0 Å². The second-order valence-corrected chi connectivity index (χ2v) is 10.3. The van der Waals surface area contributed by atoms with Gasteiger partial charge in [0.2, 0.25) is 0 Å². The number of thioether (sulfide) groups is 1. The lowest BCUT2D eigenvalue weighted by atomic mass is 9.97. The van der Waals surface area contributed by atoms with Crippen LogP contribution in [-0.2, 0) is 4.74 Å². The Bertz CT molecular complexity index is 511. The van der Waals surface area contributed by atoms with E-state index in [4.69, 9.17) is 4.74 Å². The van der Waals surface area contributed by atoms with E-state index >= 15 is 0 Å². The summed E-state index contributed by atoms with van der Waals surface area (Å²) in [6, 6.07) is 0. The average molecular weight is 399 g/mol. The number of hydrogen-bond donors (Lipinski definition) is 1. The molecule has 0 radical (unpaired) electrons. The van der Waals surface area contributed by atoms with Gasteiger partial charge in [-0.3, -0.25) is 4.99 Å². The third kappa shape index (κ3) is 7.09. The molecule has 1 unspecified atom stereocenters. The fraction of sp³-hybridized carbons (Fsp3) is 0.900. The Morgan fingerprint density at radius 2 is 1.89 bits per heavy atom. The van der Waals surface area contributed by atoms with Crippen molar-refractivity contribution >= 4 is 23.8 Å². The third-order valence-electron chi connectivity index (χ3n) is 5.16. The Labute approximate surface area is 169 Å². The molecule has 0 aromatic heterocycles. The monoisotopic (exact) mass is 398 g/mol. The van der Waals surface area contributed by atoms with Gasteiger partial charge in [-0.1, -0.05) is 13.8 Å². The number of hydrogen-bond acceptors (Lipinski definition) is 4. The standard InChI is InChI=1S/C20H38N4O2S/c1-15(2)17-14-24(11-12-27-17)18(21-6)22-13-16-7-9-23(10-8-16)19(25)26-20(3,4)5/h15-17H,7-14H2,1-6H3,(H,21,22). The minimum Gasteiger partial charge on any atom is -0.444 e. The number of carbonyl (C=O) groups is 1. The Morgan fingerprint density at radius 1 is 1.22 bits per heavy atom. The largest absolute Gasteiger partial charge is 0.444 e. The van der Waals surface area contributed by atoms with Crippen LogP contribution in [-0.4, -0.2) is 78.2 Å². The number of rotatable bonds is 3. The third-order valence-corrected chi connectivity index (χ3v) is 6.70. The Morgan fingerprint density at radius 3 is 2.44 bits per heavy atom. The van der Waals surface area contributed by atoms with Gasteiger partial charge < -0.3 is 19.9 Å². The van der Waals surface area contributed by atoms with Crippen molar-refractivity contribution in [2.45, 2.75) is 58.3 Å². The van der Waals surface area contributed by atoms with Crippen LogP contribution in [0.15, 0.2) is 4.99 Å². The van der Waals surface area contributed by atoms with E-state index in [-0.39, 0.29) is 6.09 Å². The SMILES string of the molecule is CN=C(NCC1CCN(C(=O)OC(C)(C)C)CC1)N1CCSC(C(C)C)C1. The molecule has 0 bridgehead atoms. The fourth-order valence-corrected chi connectivity index (χ4v) is 4.78. The summed E-state index contributed by atoms with van der Waals surface area (Å²) in [6.07, 6.45) is 1.83. The molecular weight excluding hydrogens is 360 g/mol. The maximum atomic E-state index is 12.2. The van der Waals surface area contributed by atoms with Crippen LogP contribution in [0.5, 0.6) is 0 Å². The normalized spacial score (nSPS) is 22.9. The number of likely N-dealkylation sites (tertiary alicyclic amines) is 1. The van der Waals surface area contributed by atoms with Crippen LogP contribution in [0.25, 0.3) is 0 Å². The first-order valence-corrected chi connectivity index (χ1v) is 11.3. The van der Waals surface area contributed by atoms with E-state index < -0.39 is 5.60 Å². The zero-order valence-corrected chi connectivity index (χ0v) is 18.8. The molecule has 1 N–H and O–H groups in total. The van der Waals surface area contributed by atoms with Gasteiger partial charge in [0.15, 0.2) is 5.96 Å². The first-order chi connectivity index (χ1) is 12.7. The van der Waals surface area contributed by atoms with Crippen LogP contribution in [0.4, 0.5) is 4.79 Å². The van der Waals surface area contributed by atoms with Gasteiger partial charge in [-0.2, -0.15) is 11.8 Å². The first-order valence-electron chi connectivity index (χ1n) is 10.2. The van der Waals surface area contributed by atoms with Gasteiger partial charge >= 0.3 is 6.09 Å². The molecule has 2 fully saturated rings. The minimum absolute atomic E-state index is 0.185. The van der Waals surface area contributed by atoms with E-state index in [2.05, 4.69) is 40.8 Å². The highest BCUT2D eigenvalue weighted by Crippen LogP contribution is 2.25. The first kappa shape index (κ1) is 22.2. The summed E-state index contributed by atoms with van der Waals surface area (Å²) in [6.45, 7) is 14.9. The molecule has 156 valence electrons. The highest BCUT2D eigenvalue weighted by Gasteiger charge is 2.28. The zero-order valence-electron chi connectivity index (χ0n) is 18.0. The van der Waals surface area contributed by atoms with Gasteiger partial charge in [0, 0.05) is 50.8 Å². The maximum Gasteiger partial charge on any atom is 0.410 e. The molecule has 2 saturated heterocycles. The zero-order chi connectivity index (χ0) is 20.0. The summed E-state index contributed by atoms with van der Waals surface area (Å²) >= 11 is 2.08. The molecule has 2 aliphatic rings. The molecule has 2 aliphatic heterocycles. The number of amides is 1. The minimum atomic E-state index is -0.428. The molecule has 0 aliphatic carbocycles. The van der Waals surface area contributed by atoms with Gasteiger partial charge in [-0.15, -0.1) is 0 Å². The Hall–Kier alpha value is -1.11. The smallest absolute Gasteiger partial charge is 0.410 e. The van der Waals surface area contributed by atoms with Crippen molar-refractivity contribution in [1.29, 1.82) is 0 Å². The molecule has 2 heterocycles. The van der Waals surface area contributed by atoms with Gasteiger partial charge in [0.25, 0.3) is 0 Å². The summed E-state index contributed by atoms with van der Waals surface area (Å²) in [5.41, 5.74) is -0.428. The molecule has 27 heavy (non-hydrogen) atoms. The molecule has 0 saturated carbocycles. The Balaban J connectivity index is 1.76. The Kier molecular flexibility index (Phi) is 8.13. The van der Waals surface area contributed by atoms with Gasteiger partial charge in [0.05, 0.1) is 0 Å². The van der Waals surface area contributed by atoms with E-state index in [9.17, 15) is 4.79 Å². The topological polar surface area (TPSA) is 57.2 Å². The summed E-state index contributed by atoms with van der Waals surface area (Å²) in [4.78, 5) is 20.9. The highest BCUT2D eigenvalue weighted by atomic mass is 32.2. The average Bonchev–Trinajstić information content (AvgIpc) is 2.61. The molecule has 1 atom stereocenters. The van der Waals surface area contributed by atoms with E-state index in [0.29, 0.717) is 17.1 Å². The molecule has 0 spiro atoms. The lowest BCUT2D eigenvalue weighted by Gasteiger charge is -2.37. The predicted octanol–water partition coefficient (Wildman–Crippen LogP) is 3.28. The fourth-order valence-electron chi connectivity index (χ4n) is 3.49. The van der Waals surface area contributed by atoms with Crippen molar-refractivity contribution in [2.24, 2.45) is 16.8 Å². The van der Waals surface area contributed by atoms with Crippen LogP contribution in [0, 0.1) is 11.8 Å². The van der Waals surface area contributed by atoms with Crippen molar-refractivity contribution in [1.82, 2.24) is 15.1 Å². The van der Waals surface area contributed by atoms with Crippen molar-refractivity contribution in [3.05, 3.63) is 0 Å². The summed E-state index contributed by atoms with van der Waals surface area (Å²) in [5.74, 6) is 3.45. The number of nitrogens with one attached hydrogen (secondary N) is 1. The van der Waals surface area contributed by atoms with Crippen LogP contribution in [0.1, 0.15) is 47.5 Å². The van der Waals surface area contributed by atoms with Gasteiger partial charge in [-0.05, 0) is 45.4 Å². The number of nitrogens with zero attached hydrogens (tertiary/aromatic N) is 3. The number of piperidine rings is 1. The highest BCUT2D eigenvalue weighted by molar-refractivity contribution is 8.00. The van der Waals surface area contributed by atoms with E-state index in [1.165, 1.54) is 0 Å². The lowest BCUT2D eigenvalue weighted by molar-refractivity contribution is 0.0185. The van der Waals surface area contributed by atoms with Gasteiger partial charge in [0.1, 0.15) is 5.60 Å². The van der Waals surface area contributed by atoms with Crippen LogP contribution >= 0.6 is 11.8 Å². The van der Waals surface area contributed by atoms with Crippen molar-refractivity contribution in [3.63, 3.8) is 0 Å². The van der Waals surface area contributed by atoms with Crippen molar-refractivity contribution in [3.8, 4) is 0 Å². The van der Waals surface area contributed by atoms with E-state index in [1.807, 2.05) is 32.7 Å². The van der Waals surface area contributed by atoms with Gasteiger partial charge in [-0.25, -0.2) is 4.79 Å². The molecule has 0 aromatic carbocycles. The number of carbonyl (C=O) groups excluding carboxylic acids is 1. The molecule has 2 rings (SSSR count). The van der Waals surface area contributed by atoms with Crippen LogP contribution in [0.3, 0.4) is 0 Å². The summed E-state index contributed by atoms with van der Waals surface area (Å²) in [5, 5.41) is 4.26. The number of ether oxygens (including phenoxy) is 1.